The second-order valence-electron chi connectivity index (χ2n) is 3.71. The predicted octanol–water partition coefficient (Wildman–Crippen LogP) is 4.09. The Morgan fingerprint density at radius 2 is 1.93 bits per heavy atom. The number of hydrogen-bond acceptors (Lipinski definition) is 1. The van der Waals surface area contributed by atoms with Gasteiger partial charge in [-0.05, 0) is 12.0 Å². The van der Waals surface area contributed by atoms with Crippen LogP contribution >= 0.6 is 0 Å². The Morgan fingerprint density at radius 3 is 2.47 bits per heavy atom. The zero-order valence-corrected chi connectivity index (χ0v) is 9.33. The maximum Gasteiger partial charge on any atom is 0.162 e. The summed E-state index contributed by atoms with van der Waals surface area (Å²) >= 11 is 0. The molecule has 0 aliphatic carbocycles. The number of carbonyl (C=O) groups is 1. The lowest BCUT2D eigenvalue weighted by atomic mass is 10.0. The van der Waals surface area contributed by atoms with Gasteiger partial charge in [0.25, 0.3) is 0 Å². The van der Waals surface area contributed by atoms with Gasteiger partial charge < -0.3 is 0 Å². The molecule has 0 radical (unpaired) electrons. The lowest BCUT2D eigenvalue weighted by Gasteiger charge is -2.01. The Kier molecular flexibility index (Phi) is 4.82. The van der Waals surface area contributed by atoms with Crippen molar-refractivity contribution in [3.63, 3.8) is 0 Å². The van der Waals surface area contributed by atoms with E-state index in [2.05, 4.69) is 13.5 Å². The molecule has 0 amide bonds. The van der Waals surface area contributed by atoms with Crippen LogP contribution in [0, 0.1) is 0 Å². The molecular weight excluding hydrogens is 184 g/mol. The summed E-state index contributed by atoms with van der Waals surface area (Å²) in [5.41, 5.74) is 1.87. The number of benzene rings is 1. The fourth-order valence-corrected chi connectivity index (χ4v) is 1.48. The Hall–Kier alpha value is -1.37. The molecule has 0 fully saturated rings. The Bertz CT molecular complexity index is 322. The second-order valence-corrected chi connectivity index (χ2v) is 3.71. The van der Waals surface area contributed by atoms with E-state index in [-0.39, 0.29) is 5.78 Å². The van der Waals surface area contributed by atoms with Crippen molar-refractivity contribution in [1.29, 1.82) is 0 Å². The minimum absolute atomic E-state index is 0.249. The maximum absolute atomic E-state index is 11.7. The number of Topliss-reactive ketones (excluding diaryl/α,β-unsaturated/α-hetero) is 1. The molecule has 1 rings (SSSR count). The molecule has 80 valence electrons. The largest absolute Gasteiger partial charge is 0.294 e. The monoisotopic (exact) mass is 202 g/mol. The number of hydrogen-bond donors (Lipinski definition) is 0. The van der Waals surface area contributed by atoms with Crippen molar-refractivity contribution in [2.24, 2.45) is 0 Å². The minimum atomic E-state index is 0.249. The number of rotatable bonds is 6. The van der Waals surface area contributed by atoms with E-state index in [0.29, 0.717) is 6.42 Å². The highest BCUT2D eigenvalue weighted by Gasteiger charge is 2.04. The van der Waals surface area contributed by atoms with Crippen LogP contribution in [0.15, 0.2) is 30.8 Å². The van der Waals surface area contributed by atoms with Crippen LogP contribution in [0.1, 0.15) is 48.5 Å². The first kappa shape index (κ1) is 11.7. The van der Waals surface area contributed by atoms with Crippen LogP contribution in [-0.2, 0) is 0 Å². The van der Waals surface area contributed by atoms with Gasteiger partial charge in [-0.2, -0.15) is 0 Å². The summed E-state index contributed by atoms with van der Waals surface area (Å²) in [6.45, 7) is 5.82. The summed E-state index contributed by atoms with van der Waals surface area (Å²) in [6.07, 6.45) is 5.74. The molecule has 0 atom stereocenters. The van der Waals surface area contributed by atoms with Crippen molar-refractivity contribution in [3.05, 3.63) is 42.0 Å². The molecule has 15 heavy (non-hydrogen) atoms. The SMILES string of the molecule is C=Cc1ccc(C(=O)CCCCC)cc1. The fourth-order valence-electron chi connectivity index (χ4n) is 1.48. The van der Waals surface area contributed by atoms with Crippen molar-refractivity contribution in [1.82, 2.24) is 0 Å². The van der Waals surface area contributed by atoms with Crippen LogP contribution in [0.2, 0.25) is 0 Å². The lowest BCUT2D eigenvalue weighted by molar-refractivity contribution is 0.0979. The summed E-state index contributed by atoms with van der Waals surface area (Å²) in [5, 5.41) is 0. The van der Waals surface area contributed by atoms with E-state index in [0.717, 1.165) is 30.4 Å². The van der Waals surface area contributed by atoms with Gasteiger partial charge in [-0.1, -0.05) is 56.7 Å². The van der Waals surface area contributed by atoms with Crippen LogP contribution in [0.5, 0.6) is 0 Å². The number of ketones is 1. The summed E-state index contributed by atoms with van der Waals surface area (Å²) in [5.74, 6) is 0.249. The van der Waals surface area contributed by atoms with Gasteiger partial charge >= 0.3 is 0 Å². The molecule has 1 heteroatoms. The third-order valence-electron chi connectivity index (χ3n) is 2.48. The standard InChI is InChI=1S/C14H18O/c1-3-5-6-7-14(15)13-10-8-12(4-2)9-11-13/h4,8-11H,2-3,5-7H2,1H3. The van der Waals surface area contributed by atoms with Gasteiger partial charge in [0, 0.05) is 12.0 Å². The minimum Gasteiger partial charge on any atom is -0.294 e. The van der Waals surface area contributed by atoms with Crippen molar-refractivity contribution in [2.45, 2.75) is 32.6 Å². The quantitative estimate of drug-likeness (QED) is 0.501. The van der Waals surface area contributed by atoms with E-state index in [1.807, 2.05) is 24.3 Å². The van der Waals surface area contributed by atoms with Gasteiger partial charge in [-0.3, -0.25) is 4.79 Å². The van der Waals surface area contributed by atoms with Gasteiger partial charge in [0.05, 0.1) is 0 Å². The Balaban J connectivity index is 2.54. The van der Waals surface area contributed by atoms with E-state index in [1.165, 1.54) is 0 Å². The number of unbranched alkanes of at least 4 members (excludes halogenated alkanes) is 2. The zero-order valence-electron chi connectivity index (χ0n) is 9.33. The second kappa shape index (κ2) is 6.18. The Labute approximate surface area is 91.8 Å². The van der Waals surface area contributed by atoms with Crippen LogP contribution in [-0.4, -0.2) is 5.78 Å². The summed E-state index contributed by atoms with van der Waals surface area (Å²) in [6, 6.07) is 7.62. The average molecular weight is 202 g/mol. The van der Waals surface area contributed by atoms with Crippen molar-refractivity contribution in [3.8, 4) is 0 Å². The molecule has 1 aromatic rings. The van der Waals surface area contributed by atoms with Crippen LogP contribution < -0.4 is 0 Å². The molecular formula is C14H18O. The summed E-state index contributed by atoms with van der Waals surface area (Å²) in [4.78, 5) is 11.7. The lowest BCUT2D eigenvalue weighted by Crippen LogP contribution is -1.98. The van der Waals surface area contributed by atoms with Gasteiger partial charge in [0.1, 0.15) is 0 Å². The molecule has 0 aliphatic heterocycles. The summed E-state index contributed by atoms with van der Waals surface area (Å²) in [7, 11) is 0. The molecule has 0 aliphatic rings. The van der Waals surface area contributed by atoms with Gasteiger partial charge in [-0.15, -0.1) is 0 Å². The molecule has 0 N–H and O–H groups in total. The van der Waals surface area contributed by atoms with Crippen LogP contribution in [0.3, 0.4) is 0 Å². The van der Waals surface area contributed by atoms with Crippen molar-refractivity contribution in [2.75, 3.05) is 0 Å². The topological polar surface area (TPSA) is 17.1 Å². The predicted molar refractivity (Wildman–Crippen MR) is 65.0 cm³/mol. The van der Waals surface area contributed by atoms with E-state index < -0.39 is 0 Å². The highest BCUT2D eigenvalue weighted by Crippen LogP contribution is 2.10. The smallest absolute Gasteiger partial charge is 0.162 e. The highest BCUT2D eigenvalue weighted by molar-refractivity contribution is 5.96. The highest BCUT2D eigenvalue weighted by atomic mass is 16.1. The van der Waals surface area contributed by atoms with Gasteiger partial charge in [0.15, 0.2) is 5.78 Å². The maximum atomic E-state index is 11.7. The molecule has 0 unspecified atom stereocenters. The van der Waals surface area contributed by atoms with E-state index in [4.69, 9.17) is 0 Å². The molecule has 0 aromatic heterocycles. The molecule has 0 spiro atoms. The third-order valence-corrected chi connectivity index (χ3v) is 2.48. The molecule has 1 aromatic carbocycles. The van der Waals surface area contributed by atoms with E-state index in [1.54, 1.807) is 6.08 Å². The fraction of sp³-hybridized carbons (Fsp3) is 0.357. The van der Waals surface area contributed by atoms with Crippen molar-refractivity contribution >= 4 is 11.9 Å². The summed E-state index contributed by atoms with van der Waals surface area (Å²) < 4.78 is 0. The first-order valence-electron chi connectivity index (χ1n) is 5.53. The van der Waals surface area contributed by atoms with Crippen LogP contribution in [0.25, 0.3) is 6.08 Å². The van der Waals surface area contributed by atoms with E-state index in [9.17, 15) is 4.79 Å². The molecule has 0 saturated heterocycles. The third kappa shape index (κ3) is 3.70. The van der Waals surface area contributed by atoms with Gasteiger partial charge in [0.2, 0.25) is 0 Å². The first-order valence-corrected chi connectivity index (χ1v) is 5.53. The average Bonchev–Trinajstić information content (AvgIpc) is 2.29. The zero-order chi connectivity index (χ0) is 11.1. The van der Waals surface area contributed by atoms with Crippen molar-refractivity contribution < 1.29 is 4.79 Å². The molecule has 0 heterocycles. The number of carbonyl (C=O) groups excluding carboxylic acids is 1. The van der Waals surface area contributed by atoms with Crippen LogP contribution in [0.4, 0.5) is 0 Å². The molecule has 1 nitrogen and oxygen atoms in total. The Morgan fingerprint density at radius 1 is 1.27 bits per heavy atom. The molecule has 0 saturated carbocycles. The first-order chi connectivity index (χ1) is 7.27. The van der Waals surface area contributed by atoms with E-state index >= 15 is 0 Å². The molecule has 0 bridgehead atoms. The normalized spacial score (nSPS) is 9.93. The van der Waals surface area contributed by atoms with Gasteiger partial charge in [-0.25, -0.2) is 0 Å².